The Labute approximate surface area is 118 Å². The summed E-state index contributed by atoms with van der Waals surface area (Å²) in [5.41, 5.74) is 1.95. The topological polar surface area (TPSA) is 26.3 Å². The van der Waals surface area contributed by atoms with E-state index in [1.807, 2.05) is 48.5 Å². The third kappa shape index (κ3) is 3.36. The molecule has 0 aromatic heterocycles. The fraction of sp³-hybridized carbons (Fsp3) is 0.188. The van der Waals surface area contributed by atoms with Crippen molar-refractivity contribution in [1.82, 2.24) is 0 Å². The number of aldehydes is 1. The Morgan fingerprint density at radius 2 is 1.84 bits per heavy atom. The highest BCUT2D eigenvalue weighted by Crippen LogP contribution is 2.25. The van der Waals surface area contributed by atoms with Gasteiger partial charge in [0.15, 0.2) is 0 Å². The molecule has 2 nitrogen and oxygen atoms in total. The van der Waals surface area contributed by atoms with Crippen LogP contribution in [0.4, 0.5) is 0 Å². The first-order chi connectivity index (χ1) is 9.24. The van der Waals surface area contributed by atoms with E-state index >= 15 is 0 Å². The van der Waals surface area contributed by atoms with Crippen molar-refractivity contribution in [2.24, 2.45) is 0 Å². The average Bonchev–Trinajstić information content (AvgIpc) is 2.47. The normalized spacial score (nSPS) is 11.9. The van der Waals surface area contributed by atoms with Gasteiger partial charge in [0.1, 0.15) is 12.0 Å². The second-order valence-corrected chi connectivity index (χ2v) is 4.72. The first-order valence-electron chi connectivity index (χ1n) is 6.07. The molecule has 2 rings (SSSR count). The number of hydrogen-bond donors (Lipinski definition) is 0. The van der Waals surface area contributed by atoms with Crippen molar-refractivity contribution >= 4 is 17.9 Å². The van der Waals surface area contributed by atoms with Crippen LogP contribution in [0.5, 0.6) is 5.75 Å². The quantitative estimate of drug-likeness (QED) is 0.774. The molecule has 3 heteroatoms. The van der Waals surface area contributed by atoms with E-state index in [9.17, 15) is 4.79 Å². The van der Waals surface area contributed by atoms with E-state index < -0.39 is 0 Å². The Kier molecular flexibility index (Phi) is 4.58. The predicted octanol–water partition coefficient (Wildman–Crippen LogP) is 3.87. The first kappa shape index (κ1) is 13.6. The van der Waals surface area contributed by atoms with Crippen LogP contribution in [-0.4, -0.2) is 13.4 Å². The molecule has 0 N–H and O–H groups in total. The highest BCUT2D eigenvalue weighted by Gasteiger charge is 2.13. The molecular formula is C16H15ClO2. The minimum Gasteiger partial charge on any atom is -0.497 e. The van der Waals surface area contributed by atoms with Crippen LogP contribution in [0.3, 0.4) is 0 Å². The summed E-state index contributed by atoms with van der Waals surface area (Å²) in [5, 5.41) is 0.697. The van der Waals surface area contributed by atoms with Crippen molar-refractivity contribution in [3.05, 3.63) is 64.7 Å². The number of carbonyl (C=O) groups is 1. The fourth-order valence-corrected chi connectivity index (χ4v) is 2.21. The third-order valence-electron chi connectivity index (χ3n) is 3.11. The average molecular weight is 275 g/mol. The molecule has 0 fully saturated rings. The van der Waals surface area contributed by atoms with Gasteiger partial charge in [0.05, 0.1) is 7.11 Å². The lowest BCUT2D eigenvalue weighted by Gasteiger charge is -2.12. The molecule has 98 valence electrons. The summed E-state index contributed by atoms with van der Waals surface area (Å²) in [7, 11) is 1.62. The maximum Gasteiger partial charge on any atom is 0.127 e. The molecule has 0 saturated heterocycles. The fourth-order valence-electron chi connectivity index (χ4n) is 2.00. The first-order valence-corrected chi connectivity index (χ1v) is 6.45. The van der Waals surface area contributed by atoms with E-state index in [-0.39, 0.29) is 5.92 Å². The van der Waals surface area contributed by atoms with Gasteiger partial charge < -0.3 is 9.53 Å². The SMILES string of the molecule is COc1ccc(C(C=O)Cc2ccccc2Cl)cc1. The minimum absolute atomic E-state index is 0.189. The van der Waals surface area contributed by atoms with E-state index in [2.05, 4.69) is 0 Å². The maximum absolute atomic E-state index is 11.3. The highest BCUT2D eigenvalue weighted by molar-refractivity contribution is 6.31. The van der Waals surface area contributed by atoms with E-state index in [1.54, 1.807) is 7.11 Å². The number of ether oxygens (including phenoxy) is 1. The summed E-state index contributed by atoms with van der Waals surface area (Å²) in [5.74, 6) is 0.594. The lowest BCUT2D eigenvalue weighted by atomic mass is 9.93. The zero-order valence-corrected chi connectivity index (χ0v) is 11.4. The Bertz CT molecular complexity index is 549. The zero-order valence-electron chi connectivity index (χ0n) is 10.7. The van der Waals surface area contributed by atoms with Gasteiger partial charge in [-0.05, 0) is 35.7 Å². The number of rotatable bonds is 5. The van der Waals surface area contributed by atoms with Gasteiger partial charge >= 0.3 is 0 Å². The van der Waals surface area contributed by atoms with Crippen LogP contribution in [0.25, 0.3) is 0 Å². The molecule has 1 unspecified atom stereocenters. The molecule has 19 heavy (non-hydrogen) atoms. The Morgan fingerprint density at radius 1 is 1.16 bits per heavy atom. The van der Waals surface area contributed by atoms with Gasteiger partial charge in [-0.1, -0.05) is 41.9 Å². The Hall–Kier alpha value is -1.80. The van der Waals surface area contributed by atoms with E-state index in [0.717, 1.165) is 23.2 Å². The molecule has 1 atom stereocenters. The van der Waals surface area contributed by atoms with Gasteiger partial charge in [-0.15, -0.1) is 0 Å². The molecule has 0 spiro atoms. The van der Waals surface area contributed by atoms with Crippen LogP contribution in [0, 0.1) is 0 Å². The number of halogens is 1. The summed E-state index contributed by atoms with van der Waals surface area (Å²) in [6, 6.07) is 15.1. The third-order valence-corrected chi connectivity index (χ3v) is 3.47. The molecule has 0 radical (unpaired) electrons. The zero-order chi connectivity index (χ0) is 13.7. The summed E-state index contributed by atoms with van der Waals surface area (Å²) < 4.78 is 5.11. The van der Waals surface area contributed by atoms with Gasteiger partial charge in [-0.3, -0.25) is 0 Å². The Morgan fingerprint density at radius 3 is 2.42 bits per heavy atom. The number of benzene rings is 2. The molecule has 0 aliphatic rings. The highest BCUT2D eigenvalue weighted by atomic mass is 35.5. The summed E-state index contributed by atoms with van der Waals surface area (Å²) in [6.45, 7) is 0. The standard InChI is InChI=1S/C16H15ClO2/c1-19-15-8-6-12(7-9-15)14(11-18)10-13-4-2-3-5-16(13)17/h2-9,11,14H,10H2,1H3. The number of carbonyl (C=O) groups excluding carboxylic acids is 1. The van der Waals surface area contributed by atoms with Crippen LogP contribution in [0.15, 0.2) is 48.5 Å². The van der Waals surface area contributed by atoms with E-state index in [4.69, 9.17) is 16.3 Å². The van der Waals surface area contributed by atoms with E-state index in [1.165, 1.54) is 0 Å². The smallest absolute Gasteiger partial charge is 0.127 e. The van der Waals surface area contributed by atoms with Gasteiger partial charge in [0.25, 0.3) is 0 Å². The predicted molar refractivity (Wildman–Crippen MR) is 77.0 cm³/mol. The van der Waals surface area contributed by atoms with Crippen LogP contribution in [0.2, 0.25) is 5.02 Å². The molecule has 0 saturated carbocycles. The van der Waals surface area contributed by atoms with Crippen LogP contribution < -0.4 is 4.74 Å². The van der Waals surface area contributed by atoms with Crippen molar-refractivity contribution in [2.45, 2.75) is 12.3 Å². The molecule has 0 aliphatic heterocycles. The molecular weight excluding hydrogens is 260 g/mol. The second kappa shape index (κ2) is 6.39. The van der Waals surface area contributed by atoms with Crippen molar-refractivity contribution in [3.63, 3.8) is 0 Å². The number of hydrogen-bond acceptors (Lipinski definition) is 2. The van der Waals surface area contributed by atoms with E-state index in [0.29, 0.717) is 11.4 Å². The second-order valence-electron chi connectivity index (χ2n) is 4.31. The van der Waals surface area contributed by atoms with Crippen molar-refractivity contribution in [3.8, 4) is 5.75 Å². The monoisotopic (exact) mass is 274 g/mol. The van der Waals surface area contributed by atoms with Crippen molar-refractivity contribution in [2.75, 3.05) is 7.11 Å². The lowest BCUT2D eigenvalue weighted by Crippen LogP contribution is -2.04. The molecule has 0 amide bonds. The van der Waals surface area contributed by atoms with Gasteiger partial charge in [-0.2, -0.15) is 0 Å². The van der Waals surface area contributed by atoms with Crippen LogP contribution in [0.1, 0.15) is 17.0 Å². The molecule has 2 aromatic rings. The van der Waals surface area contributed by atoms with Crippen LogP contribution in [-0.2, 0) is 11.2 Å². The molecule has 2 aromatic carbocycles. The molecule has 0 bridgehead atoms. The van der Waals surface area contributed by atoms with Crippen molar-refractivity contribution in [1.29, 1.82) is 0 Å². The van der Waals surface area contributed by atoms with Gasteiger partial charge in [0.2, 0.25) is 0 Å². The Balaban J connectivity index is 2.20. The largest absolute Gasteiger partial charge is 0.497 e. The van der Waals surface area contributed by atoms with Gasteiger partial charge in [0, 0.05) is 10.9 Å². The summed E-state index contributed by atoms with van der Waals surface area (Å²) in [6.07, 6.45) is 1.57. The lowest BCUT2D eigenvalue weighted by molar-refractivity contribution is -0.109. The summed E-state index contributed by atoms with van der Waals surface area (Å²) in [4.78, 5) is 11.3. The van der Waals surface area contributed by atoms with Gasteiger partial charge in [-0.25, -0.2) is 0 Å². The van der Waals surface area contributed by atoms with Crippen LogP contribution >= 0.6 is 11.6 Å². The minimum atomic E-state index is -0.189. The maximum atomic E-state index is 11.3. The number of methoxy groups -OCH3 is 1. The van der Waals surface area contributed by atoms with Crippen molar-refractivity contribution < 1.29 is 9.53 Å². The molecule has 0 heterocycles. The summed E-state index contributed by atoms with van der Waals surface area (Å²) >= 11 is 6.12. The molecule has 0 aliphatic carbocycles.